The number of carbonyl (C=O) groups is 1. The van der Waals surface area contributed by atoms with Crippen molar-refractivity contribution in [2.45, 2.75) is 147 Å². The van der Waals surface area contributed by atoms with Crippen LogP contribution in [0.5, 0.6) is 0 Å². The molecule has 34 heavy (non-hydrogen) atoms. The average molecular weight is 485 g/mol. The molecule has 0 saturated carbocycles. The number of nitrogens with zero attached hydrogens (tertiary/aromatic N) is 1. The molecule has 5 nitrogen and oxygen atoms in total. The summed E-state index contributed by atoms with van der Waals surface area (Å²) in [7, 11) is 5.49. The summed E-state index contributed by atoms with van der Waals surface area (Å²) < 4.78 is 0.190. The minimum absolute atomic E-state index is 0.151. The zero-order valence-corrected chi connectivity index (χ0v) is 23.5. The standard InChI is InChI=1S/C29H60N2O3/c1-5-6-7-8-9-10-11-12-13-14-15-16-17-18-19-20-21-22-23-24-26-30-29(25-27-32,28(33)34)31(2,3)4/h30,32H,5-27H2,1-4H3. The Balaban J connectivity index is 3.49. The van der Waals surface area contributed by atoms with Crippen molar-refractivity contribution in [1.82, 2.24) is 5.32 Å². The van der Waals surface area contributed by atoms with Crippen LogP contribution in [0.3, 0.4) is 0 Å². The topological polar surface area (TPSA) is 72.4 Å². The van der Waals surface area contributed by atoms with Crippen LogP contribution in [0.1, 0.15) is 142 Å². The molecule has 0 bridgehead atoms. The van der Waals surface area contributed by atoms with Crippen LogP contribution in [-0.2, 0) is 4.79 Å². The first-order valence-electron chi connectivity index (χ1n) is 14.7. The van der Waals surface area contributed by atoms with Gasteiger partial charge < -0.3 is 19.5 Å². The Morgan fingerprint density at radius 1 is 0.676 bits per heavy atom. The predicted octanol–water partition coefficient (Wildman–Crippen LogP) is 5.93. The van der Waals surface area contributed by atoms with Crippen LogP contribution in [0.15, 0.2) is 0 Å². The third-order valence-corrected chi connectivity index (χ3v) is 7.40. The Labute approximate surface area is 212 Å². The molecule has 0 aromatic carbocycles. The second kappa shape index (κ2) is 21.6. The molecule has 204 valence electrons. The van der Waals surface area contributed by atoms with E-state index in [1.54, 1.807) is 0 Å². The van der Waals surface area contributed by atoms with E-state index in [0.29, 0.717) is 6.54 Å². The van der Waals surface area contributed by atoms with Crippen LogP contribution >= 0.6 is 0 Å². The molecule has 5 heteroatoms. The van der Waals surface area contributed by atoms with Gasteiger partial charge in [-0.15, -0.1) is 0 Å². The fourth-order valence-corrected chi connectivity index (χ4v) is 4.95. The first kappa shape index (κ1) is 33.4. The Hall–Kier alpha value is -0.650. The average Bonchev–Trinajstić information content (AvgIpc) is 2.78. The normalized spacial score (nSPS) is 13.8. The summed E-state index contributed by atoms with van der Waals surface area (Å²) in [4.78, 5) is 11.8. The number of nitrogens with one attached hydrogen (secondary N) is 1. The highest BCUT2D eigenvalue weighted by molar-refractivity contribution is 5.74. The molecule has 0 heterocycles. The van der Waals surface area contributed by atoms with Gasteiger partial charge in [-0.2, -0.15) is 0 Å². The Bertz CT molecular complexity index is 465. The summed E-state index contributed by atoms with van der Waals surface area (Å²) >= 11 is 0. The summed E-state index contributed by atoms with van der Waals surface area (Å²) in [5, 5.41) is 24.3. The Morgan fingerprint density at radius 3 is 1.26 bits per heavy atom. The highest BCUT2D eigenvalue weighted by Gasteiger charge is 2.43. The number of aliphatic hydroxyl groups excluding tert-OH is 1. The van der Waals surface area contributed by atoms with Crippen LogP contribution < -0.4 is 10.4 Å². The van der Waals surface area contributed by atoms with E-state index in [-0.39, 0.29) is 17.5 Å². The highest BCUT2D eigenvalue weighted by atomic mass is 16.4. The quantitative estimate of drug-likeness (QED) is 0.0906. The zero-order valence-electron chi connectivity index (χ0n) is 23.5. The van der Waals surface area contributed by atoms with E-state index in [4.69, 9.17) is 0 Å². The van der Waals surface area contributed by atoms with Gasteiger partial charge in [-0.05, 0) is 6.42 Å². The van der Waals surface area contributed by atoms with Gasteiger partial charge in [-0.25, -0.2) is 0 Å². The van der Waals surface area contributed by atoms with Gasteiger partial charge in [0.1, 0.15) is 5.97 Å². The van der Waals surface area contributed by atoms with Gasteiger partial charge in [-0.3, -0.25) is 5.32 Å². The van der Waals surface area contributed by atoms with Crippen molar-refractivity contribution in [2.75, 3.05) is 34.3 Å². The Kier molecular flexibility index (Phi) is 21.2. The van der Waals surface area contributed by atoms with Gasteiger partial charge in [0.05, 0.1) is 27.7 Å². The molecule has 0 aromatic rings. The molecule has 0 amide bonds. The number of likely N-dealkylation sites (N-methyl/N-ethyl adjacent to an activating group) is 1. The van der Waals surface area contributed by atoms with Gasteiger partial charge in [0.25, 0.3) is 0 Å². The molecule has 0 spiro atoms. The fourth-order valence-electron chi connectivity index (χ4n) is 4.95. The molecule has 0 aliphatic heterocycles. The number of carboxylic acids is 1. The number of rotatable bonds is 26. The lowest BCUT2D eigenvalue weighted by Gasteiger charge is -2.47. The number of quaternary nitrogens is 1. The number of aliphatic hydroxyl groups is 1. The molecule has 0 rings (SSSR count). The maximum absolute atomic E-state index is 11.8. The molecule has 1 atom stereocenters. The number of carboxylic acid groups (broad SMARTS) is 1. The van der Waals surface area contributed by atoms with E-state index in [0.717, 1.165) is 12.8 Å². The summed E-state index contributed by atoms with van der Waals surface area (Å²) in [6.45, 7) is 2.75. The van der Waals surface area contributed by atoms with Crippen molar-refractivity contribution in [1.29, 1.82) is 0 Å². The van der Waals surface area contributed by atoms with Gasteiger partial charge in [-0.1, -0.05) is 129 Å². The zero-order chi connectivity index (χ0) is 25.5. The van der Waals surface area contributed by atoms with Crippen LogP contribution in [0.4, 0.5) is 0 Å². The minimum Gasteiger partial charge on any atom is -0.543 e. The summed E-state index contributed by atoms with van der Waals surface area (Å²) in [6.07, 6.45) is 27.2. The lowest BCUT2D eigenvalue weighted by atomic mass is 10.0. The number of unbranched alkanes of at least 4 members (excludes halogenated alkanes) is 19. The SMILES string of the molecule is CCCCCCCCCCCCCCCCCCCCCCNC(CCO)(C(=O)[O-])[N+](C)(C)C. The number of carbonyl (C=O) groups excluding carboxylic acids is 1. The molecule has 0 fully saturated rings. The monoisotopic (exact) mass is 484 g/mol. The first-order valence-corrected chi connectivity index (χ1v) is 14.7. The van der Waals surface area contributed by atoms with Crippen molar-refractivity contribution in [3.05, 3.63) is 0 Å². The van der Waals surface area contributed by atoms with E-state index in [2.05, 4.69) is 12.2 Å². The van der Waals surface area contributed by atoms with Crippen molar-refractivity contribution in [3.8, 4) is 0 Å². The van der Waals surface area contributed by atoms with E-state index in [1.807, 2.05) is 21.1 Å². The maximum Gasteiger partial charge on any atom is 0.195 e. The van der Waals surface area contributed by atoms with Crippen LogP contribution in [-0.4, -0.2) is 55.5 Å². The number of hydrogen-bond acceptors (Lipinski definition) is 4. The third-order valence-electron chi connectivity index (χ3n) is 7.40. The molecular weight excluding hydrogens is 424 g/mol. The van der Waals surface area contributed by atoms with Gasteiger partial charge in [0, 0.05) is 13.0 Å². The predicted molar refractivity (Wildman–Crippen MR) is 143 cm³/mol. The smallest absolute Gasteiger partial charge is 0.195 e. The fraction of sp³-hybridized carbons (Fsp3) is 0.966. The van der Waals surface area contributed by atoms with Crippen LogP contribution in [0.25, 0.3) is 0 Å². The molecule has 0 aliphatic rings. The van der Waals surface area contributed by atoms with E-state index >= 15 is 0 Å². The molecular formula is C29H60N2O3. The minimum atomic E-state index is -1.23. The van der Waals surface area contributed by atoms with Crippen molar-refractivity contribution >= 4 is 5.97 Å². The van der Waals surface area contributed by atoms with Crippen molar-refractivity contribution in [3.63, 3.8) is 0 Å². The first-order chi connectivity index (χ1) is 16.3. The molecule has 0 aromatic heterocycles. The summed E-state index contributed by atoms with van der Waals surface area (Å²) in [5.41, 5.74) is -1.23. The largest absolute Gasteiger partial charge is 0.543 e. The second-order valence-electron chi connectivity index (χ2n) is 11.3. The highest BCUT2D eigenvalue weighted by Crippen LogP contribution is 2.20. The second-order valence-corrected chi connectivity index (χ2v) is 11.3. The van der Waals surface area contributed by atoms with Crippen LogP contribution in [0.2, 0.25) is 0 Å². The van der Waals surface area contributed by atoms with Crippen molar-refractivity contribution in [2.24, 2.45) is 0 Å². The van der Waals surface area contributed by atoms with E-state index < -0.39 is 11.6 Å². The lowest BCUT2D eigenvalue weighted by Crippen LogP contribution is -2.73. The lowest BCUT2D eigenvalue weighted by molar-refractivity contribution is -0.920. The van der Waals surface area contributed by atoms with E-state index in [9.17, 15) is 15.0 Å². The molecule has 1 unspecified atom stereocenters. The molecule has 2 N–H and O–H groups in total. The van der Waals surface area contributed by atoms with E-state index in [1.165, 1.54) is 116 Å². The maximum atomic E-state index is 11.8. The third kappa shape index (κ3) is 16.1. The summed E-state index contributed by atoms with van der Waals surface area (Å²) in [5.74, 6) is -1.14. The van der Waals surface area contributed by atoms with Crippen molar-refractivity contribution < 1.29 is 19.5 Å². The number of aliphatic carboxylic acids is 1. The molecule has 0 radical (unpaired) electrons. The number of hydrogen-bond donors (Lipinski definition) is 2. The Morgan fingerprint density at radius 2 is 1.00 bits per heavy atom. The summed E-state index contributed by atoms with van der Waals surface area (Å²) in [6, 6.07) is 0. The van der Waals surface area contributed by atoms with Gasteiger partial charge in [0.15, 0.2) is 5.66 Å². The van der Waals surface area contributed by atoms with Gasteiger partial charge in [0.2, 0.25) is 0 Å². The van der Waals surface area contributed by atoms with Crippen LogP contribution in [0, 0.1) is 0 Å². The molecule has 0 saturated heterocycles. The van der Waals surface area contributed by atoms with Gasteiger partial charge >= 0.3 is 0 Å². The molecule has 0 aliphatic carbocycles.